The predicted molar refractivity (Wildman–Crippen MR) is 93.8 cm³/mol. The first-order valence-electron chi connectivity index (χ1n) is 7.74. The Morgan fingerprint density at radius 3 is 2.42 bits per heavy atom. The molecule has 2 rings (SSSR count). The molecule has 1 amide bonds. The third-order valence-electron chi connectivity index (χ3n) is 3.22. The van der Waals surface area contributed by atoms with Gasteiger partial charge in [-0.05, 0) is 64.4 Å². The highest BCUT2D eigenvalue weighted by Crippen LogP contribution is 2.27. The van der Waals surface area contributed by atoms with E-state index in [0.29, 0.717) is 17.1 Å². The highest BCUT2D eigenvalue weighted by molar-refractivity contribution is 5.99. The van der Waals surface area contributed by atoms with E-state index in [9.17, 15) is 9.59 Å². The van der Waals surface area contributed by atoms with Crippen LogP contribution in [0.15, 0.2) is 42.6 Å². The summed E-state index contributed by atoms with van der Waals surface area (Å²) in [6.45, 7) is 8.82. The second kappa shape index (κ2) is 6.83. The Hall–Kier alpha value is -2.69. The molecular weight excluding hydrogens is 304 g/mol. The Labute approximate surface area is 142 Å². The average molecular weight is 326 g/mol. The van der Waals surface area contributed by atoms with Crippen LogP contribution in [0.1, 0.15) is 43.6 Å². The van der Waals surface area contributed by atoms with Gasteiger partial charge in [-0.25, -0.2) is 14.7 Å². The quantitative estimate of drug-likeness (QED) is 0.769. The molecule has 1 heterocycles. The van der Waals surface area contributed by atoms with Crippen molar-refractivity contribution in [2.24, 2.45) is 0 Å². The summed E-state index contributed by atoms with van der Waals surface area (Å²) in [5.74, 6) is 0.378. The van der Waals surface area contributed by atoms with E-state index in [2.05, 4.69) is 4.98 Å². The number of pyridine rings is 1. The maximum atomic E-state index is 12.7. The minimum absolute atomic E-state index is 0.0711. The van der Waals surface area contributed by atoms with Crippen molar-refractivity contribution in [3.05, 3.63) is 53.7 Å². The standard InChI is InChI=1S/C19H22N2O3/c1-13-9-10-20-17(11-13)21(18(23)24-19(3,4)5)16-8-6-7-15(12-16)14(2)22/h6-12H,1-5H3. The highest BCUT2D eigenvalue weighted by Gasteiger charge is 2.26. The molecule has 0 fully saturated rings. The largest absolute Gasteiger partial charge is 0.443 e. The molecule has 0 atom stereocenters. The van der Waals surface area contributed by atoms with Crippen LogP contribution in [0.4, 0.5) is 16.3 Å². The van der Waals surface area contributed by atoms with Gasteiger partial charge in [0, 0.05) is 11.8 Å². The molecule has 0 N–H and O–H groups in total. The third-order valence-corrected chi connectivity index (χ3v) is 3.22. The van der Waals surface area contributed by atoms with Crippen LogP contribution in [0.2, 0.25) is 0 Å². The van der Waals surface area contributed by atoms with Gasteiger partial charge in [0.15, 0.2) is 5.78 Å². The Balaban J connectivity index is 2.52. The van der Waals surface area contributed by atoms with E-state index in [0.717, 1.165) is 5.56 Å². The molecule has 1 aromatic carbocycles. The van der Waals surface area contributed by atoms with Gasteiger partial charge >= 0.3 is 6.09 Å². The maximum absolute atomic E-state index is 12.7. The van der Waals surface area contributed by atoms with Crippen molar-refractivity contribution in [1.82, 2.24) is 4.98 Å². The fourth-order valence-corrected chi connectivity index (χ4v) is 2.15. The van der Waals surface area contributed by atoms with Gasteiger partial charge < -0.3 is 4.74 Å². The van der Waals surface area contributed by atoms with Gasteiger partial charge in [0.05, 0.1) is 5.69 Å². The number of Topliss-reactive ketones (excluding diaryl/α,β-unsaturated/α-hetero) is 1. The molecule has 0 unspecified atom stereocenters. The number of aryl methyl sites for hydroxylation is 1. The molecule has 0 saturated carbocycles. The smallest absolute Gasteiger partial charge is 0.420 e. The summed E-state index contributed by atoms with van der Waals surface area (Å²) >= 11 is 0. The zero-order valence-electron chi connectivity index (χ0n) is 14.7. The number of rotatable bonds is 3. The number of ketones is 1. The lowest BCUT2D eigenvalue weighted by Crippen LogP contribution is -2.34. The van der Waals surface area contributed by atoms with Crippen LogP contribution in [-0.2, 0) is 4.74 Å². The number of carbonyl (C=O) groups is 2. The van der Waals surface area contributed by atoms with Crippen molar-refractivity contribution in [3.63, 3.8) is 0 Å². The Morgan fingerprint density at radius 2 is 1.83 bits per heavy atom. The number of benzene rings is 1. The molecule has 0 radical (unpaired) electrons. The second-order valence-electron chi connectivity index (χ2n) is 6.61. The zero-order valence-corrected chi connectivity index (χ0v) is 14.7. The van der Waals surface area contributed by atoms with Gasteiger partial charge in [0.25, 0.3) is 0 Å². The first-order chi connectivity index (χ1) is 11.2. The summed E-state index contributed by atoms with van der Waals surface area (Å²) in [4.78, 5) is 30.1. The minimum Gasteiger partial charge on any atom is -0.443 e. The van der Waals surface area contributed by atoms with Gasteiger partial charge in [-0.3, -0.25) is 4.79 Å². The number of hydrogen-bond acceptors (Lipinski definition) is 4. The summed E-state index contributed by atoms with van der Waals surface area (Å²) in [5, 5.41) is 0. The number of aromatic nitrogens is 1. The van der Waals surface area contributed by atoms with Crippen LogP contribution in [0.5, 0.6) is 0 Å². The number of ether oxygens (including phenoxy) is 1. The molecule has 0 aliphatic carbocycles. The number of anilines is 2. The Bertz CT molecular complexity index is 763. The molecule has 0 bridgehead atoms. The number of carbonyl (C=O) groups excluding carboxylic acids is 2. The van der Waals surface area contributed by atoms with Crippen LogP contribution in [-0.4, -0.2) is 22.5 Å². The van der Waals surface area contributed by atoms with Gasteiger partial charge in [-0.2, -0.15) is 0 Å². The average Bonchev–Trinajstić information content (AvgIpc) is 2.46. The van der Waals surface area contributed by atoms with E-state index in [1.165, 1.54) is 11.8 Å². The van der Waals surface area contributed by atoms with Gasteiger partial charge in [0.1, 0.15) is 11.4 Å². The lowest BCUT2D eigenvalue weighted by molar-refractivity contribution is 0.0598. The Morgan fingerprint density at radius 1 is 1.12 bits per heavy atom. The predicted octanol–water partition coefficient (Wildman–Crippen LogP) is 4.67. The molecular formula is C19H22N2O3. The fourth-order valence-electron chi connectivity index (χ4n) is 2.15. The highest BCUT2D eigenvalue weighted by atomic mass is 16.6. The van der Waals surface area contributed by atoms with Crippen molar-refractivity contribution < 1.29 is 14.3 Å². The lowest BCUT2D eigenvalue weighted by atomic mass is 10.1. The topological polar surface area (TPSA) is 59.5 Å². The van der Waals surface area contributed by atoms with Crippen LogP contribution < -0.4 is 4.90 Å². The van der Waals surface area contributed by atoms with Crippen molar-refractivity contribution in [2.75, 3.05) is 4.90 Å². The van der Waals surface area contributed by atoms with Gasteiger partial charge in [-0.15, -0.1) is 0 Å². The first kappa shape index (κ1) is 17.7. The van der Waals surface area contributed by atoms with Gasteiger partial charge in [-0.1, -0.05) is 12.1 Å². The summed E-state index contributed by atoms with van der Waals surface area (Å²) < 4.78 is 5.51. The number of hydrogen-bond donors (Lipinski definition) is 0. The molecule has 0 aliphatic heterocycles. The normalized spacial score (nSPS) is 11.0. The molecule has 2 aromatic rings. The second-order valence-corrected chi connectivity index (χ2v) is 6.61. The van der Waals surface area contributed by atoms with Crippen LogP contribution >= 0.6 is 0 Å². The fraction of sp³-hybridized carbons (Fsp3) is 0.316. The molecule has 24 heavy (non-hydrogen) atoms. The monoisotopic (exact) mass is 326 g/mol. The molecule has 0 aliphatic rings. The third kappa shape index (κ3) is 4.41. The summed E-state index contributed by atoms with van der Waals surface area (Å²) in [7, 11) is 0. The van der Waals surface area contributed by atoms with Crippen LogP contribution in [0.3, 0.4) is 0 Å². The van der Waals surface area contributed by atoms with Gasteiger partial charge in [0.2, 0.25) is 0 Å². The molecule has 1 aromatic heterocycles. The number of amides is 1. The summed E-state index contributed by atoms with van der Waals surface area (Å²) in [6.07, 6.45) is 1.10. The Kier molecular flexibility index (Phi) is 5.02. The molecule has 5 nitrogen and oxygen atoms in total. The molecule has 5 heteroatoms. The van der Waals surface area contributed by atoms with Crippen LogP contribution in [0.25, 0.3) is 0 Å². The zero-order chi connectivity index (χ0) is 17.9. The van der Waals surface area contributed by atoms with E-state index in [1.54, 1.807) is 57.3 Å². The van der Waals surface area contributed by atoms with E-state index in [1.807, 2.05) is 13.0 Å². The first-order valence-corrected chi connectivity index (χ1v) is 7.74. The van der Waals surface area contributed by atoms with Crippen molar-refractivity contribution in [2.45, 2.75) is 40.2 Å². The van der Waals surface area contributed by atoms with Crippen molar-refractivity contribution >= 4 is 23.4 Å². The maximum Gasteiger partial charge on any atom is 0.420 e. The summed E-state index contributed by atoms with van der Waals surface area (Å²) in [6, 6.07) is 10.5. The molecule has 126 valence electrons. The summed E-state index contributed by atoms with van der Waals surface area (Å²) in [5.41, 5.74) is 1.39. The van der Waals surface area contributed by atoms with Crippen LogP contribution in [0, 0.1) is 6.92 Å². The van der Waals surface area contributed by atoms with E-state index in [-0.39, 0.29) is 5.78 Å². The van der Waals surface area contributed by atoms with E-state index < -0.39 is 11.7 Å². The molecule has 0 spiro atoms. The SMILES string of the molecule is CC(=O)c1cccc(N(C(=O)OC(C)(C)C)c2cc(C)ccn2)c1. The number of nitrogens with zero attached hydrogens (tertiary/aromatic N) is 2. The minimum atomic E-state index is -0.642. The van der Waals surface area contributed by atoms with E-state index >= 15 is 0 Å². The van der Waals surface area contributed by atoms with Crippen molar-refractivity contribution in [1.29, 1.82) is 0 Å². The van der Waals surface area contributed by atoms with E-state index in [4.69, 9.17) is 4.74 Å². The molecule has 0 saturated heterocycles. The van der Waals surface area contributed by atoms with Crippen molar-refractivity contribution in [3.8, 4) is 0 Å². The lowest BCUT2D eigenvalue weighted by Gasteiger charge is -2.27.